The monoisotopic (exact) mass is 502 g/mol. The Hall–Kier alpha value is -2.91. The average molecular weight is 502 g/mol. The molecule has 14 nitrogen and oxygen atoms in total. The Bertz CT molecular complexity index is 1280. The van der Waals surface area contributed by atoms with E-state index in [4.69, 9.17) is 25.0 Å². The van der Waals surface area contributed by atoms with E-state index < -0.39 is 50.3 Å². The number of nitrogen functional groups attached to an aromatic ring is 1. The van der Waals surface area contributed by atoms with Crippen LogP contribution in [0.3, 0.4) is 0 Å². The number of aliphatic hydroxyl groups is 2. The van der Waals surface area contributed by atoms with E-state index in [-0.39, 0.29) is 30.3 Å². The van der Waals surface area contributed by atoms with Crippen LogP contribution in [0, 0.1) is 5.82 Å². The summed E-state index contributed by atoms with van der Waals surface area (Å²) in [5.41, 5.74) is 5.18. The van der Waals surface area contributed by atoms with Gasteiger partial charge in [-0.2, -0.15) is 0 Å². The van der Waals surface area contributed by atoms with Gasteiger partial charge >= 0.3 is 13.5 Å². The van der Waals surface area contributed by atoms with E-state index in [9.17, 15) is 24.0 Å². The largest absolute Gasteiger partial charge is 0.490 e. The van der Waals surface area contributed by atoms with E-state index in [0.717, 1.165) is 0 Å². The molecule has 0 amide bonds. The first kappa shape index (κ1) is 24.2. The predicted octanol–water partition coefficient (Wildman–Crippen LogP) is -1.46. The molecule has 0 aliphatic carbocycles. The summed E-state index contributed by atoms with van der Waals surface area (Å²) in [5, 5.41) is 20.8. The topological polar surface area (TPSA) is 206 Å². The number of phosphoric acid groups is 1. The van der Waals surface area contributed by atoms with Crippen molar-refractivity contribution in [1.29, 1.82) is 0 Å². The van der Waals surface area contributed by atoms with E-state index in [1.165, 1.54) is 39.7 Å². The third-order valence-electron chi connectivity index (χ3n) is 5.12. The zero-order chi connectivity index (χ0) is 24.6. The third kappa shape index (κ3) is 5.10. The number of hydrogen-bond acceptors (Lipinski definition) is 9. The number of nitrogens with two attached hydrogens (primary N) is 1. The lowest BCUT2D eigenvalue weighted by molar-refractivity contribution is -0.746. The number of phosphoric ester groups is 1. The van der Waals surface area contributed by atoms with Gasteiger partial charge in [0.25, 0.3) is 11.5 Å². The number of benzene rings is 1. The van der Waals surface area contributed by atoms with E-state index in [2.05, 4.69) is 14.5 Å². The first-order valence-corrected chi connectivity index (χ1v) is 11.5. The maximum Gasteiger partial charge on any atom is 0.469 e. The molecule has 4 rings (SSSR count). The molecule has 1 aliphatic heterocycles. The van der Waals surface area contributed by atoms with E-state index >= 15 is 0 Å². The summed E-state index contributed by atoms with van der Waals surface area (Å²) in [7, 11) is -4.84. The number of H-pyrrole nitrogens is 1. The quantitative estimate of drug-likeness (QED) is 0.155. The smallest absolute Gasteiger partial charge is 0.469 e. The first-order valence-electron chi connectivity index (χ1n) is 9.93. The van der Waals surface area contributed by atoms with E-state index in [1.807, 2.05) is 0 Å². The molecule has 0 radical (unpaired) electrons. The van der Waals surface area contributed by atoms with Gasteiger partial charge in [-0.05, 0) is 24.3 Å². The van der Waals surface area contributed by atoms with Gasteiger partial charge in [-0.3, -0.25) is 18.9 Å². The normalized spacial score (nSPS) is 23.0. The molecule has 0 saturated carbocycles. The molecular weight excluding hydrogens is 480 g/mol. The van der Waals surface area contributed by atoms with Crippen molar-refractivity contribution in [3.63, 3.8) is 0 Å². The Kier molecular flexibility index (Phi) is 6.69. The van der Waals surface area contributed by atoms with Crippen LogP contribution in [0.25, 0.3) is 11.2 Å². The number of ether oxygens (including phenoxy) is 2. The van der Waals surface area contributed by atoms with Crippen molar-refractivity contribution in [2.75, 3.05) is 18.9 Å². The van der Waals surface area contributed by atoms with Crippen molar-refractivity contribution in [3.8, 4) is 5.75 Å². The van der Waals surface area contributed by atoms with Crippen LogP contribution in [-0.4, -0.2) is 66.1 Å². The highest BCUT2D eigenvalue weighted by atomic mass is 31.2. The number of nitrogens with zero attached hydrogens (tertiary/aromatic N) is 3. The molecule has 3 aromatic rings. The van der Waals surface area contributed by atoms with Crippen LogP contribution in [0.1, 0.15) is 6.23 Å². The predicted molar refractivity (Wildman–Crippen MR) is 111 cm³/mol. The number of nitrogens with one attached hydrogen (secondary N) is 1. The van der Waals surface area contributed by atoms with Crippen LogP contribution in [-0.2, 0) is 20.4 Å². The number of aromatic amines is 1. The molecule has 4 atom stereocenters. The molecule has 3 heterocycles. The van der Waals surface area contributed by atoms with Crippen molar-refractivity contribution in [2.24, 2.45) is 0 Å². The van der Waals surface area contributed by atoms with Gasteiger partial charge in [0.05, 0.1) is 6.61 Å². The fourth-order valence-electron chi connectivity index (χ4n) is 3.59. The summed E-state index contributed by atoms with van der Waals surface area (Å²) < 4.78 is 42.3. The van der Waals surface area contributed by atoms with Gasteiger partial charge in [-0.1, -0.05) is 4.98 Å². The fraction of sp³-hybridized carbons (Fsp3) is 0.389. The summed E-state index contributed by atoms with van der Waals surface area (Å²) in [5.74, 6) is -0.213. The molecule has 34 heavy (non-hydrogen) atoms. The minimum atomic E-state index is -4.84. The summed E-state index contributed by atoms with van der Waals surface area (Å²) in [6.07, 6.45) is -4.26. The lowest BCUT2D eigenvalue weighted by atomic mass is 10.1. The molecule has 1 saturated heterocycles. The van der Waals surface area contributed by atoms with Gasteiger partial charge in [-0.25, -0.2) is 13.5 Å². The molecule has 1 aliphatic rings. The van der Waals surface area contributed by atoms with Gasteiger partial charge in [0.1, 0.15) is 43.0 Å². The van der Waals surface area contributed by atoms with Crippen LogP contribution in [0.4, 0.5) is 10.3 Å². The Morgan fingerprint density at radius 1 is 1.26 bits per heavy atom. The van der Waals surface area contributed by atoms with Gasteiger partial charge in [0.15, 0.2) is 6.33 Å². The Balaban J connectivity index is 1.60. The minimum absolute atomic E-state index is 0.0239. The number of rotatable bonds is 8. The summed E-state index contributed by atoms with van der Waals surface area (Å²) >= 11 is 0. The number of hydrogen-bond donors (Lipinski definition) is 6. The van der Waals surface area contributed by atoms with Crippen LogP contribution >= 0.6 is 7.82 Å². The Labute approximate surface area is 190 Å². The standard InChI is InChI=1S/C18H21FN5O9P/c19-9-1-3-10(4-2-9)31-6-5-23-8-24(15-12(23)16(27)22-18(20)21-15)17-14(26)13(25)11(33-17)7-32-34(28,29)30/h1-4,8,11,13-14,17,25-26H,5-7H2,(H4-,20,21,22,27,28,29,30)/p+1/t11-,13-,14-,17-/m1/s1. The number of halogens is 1. The molecule has 0 spiro atoms. The second-order valence-corrected chi connectivity index (χ2v) is 8.71. The van der Waals surface area contributed by atoms with Crippen LogP contribution in [0.2, 0.25) is 0 Å². The zero-order valence-electron chi connectivity index (χ0n) is 17.4. The number of aromatic nitrogens is 4. The minimum Gasteiger partial charge on any atom is -0.490 e. The molecule has 7 N–H and O–H groups in total. The highest BCUT2D eigenvalue weighted by molar-refractivity contribution is 7.46. The second-order valence-electron chi connectivity index (χ2n) is 7.47. The molecule has 16 heteroatoms. The molecule has 0 unspecified atom stereocenters. The molecular formula is C18H22FN5O9P+. The number of imidazole rings is 1. The second kappa shape index (κ2) is 9.38. The zero-order valence-corrected chi connectivity index (χ0v) is 18.3. The van der Waals surface area contributed by atoms with Gasteiger partial charge < -0.3 is 35.2 Å². The van der Waals surface area contributed by atoms with E-state index in [0.29, 0.717) is 5.75 Å². The lowest BCUT2D eigenvalue weighted by Crippen LogP contribution is -2.46. The SMILES string of the molecule is Nc1nc2c(c(=O)[nH]1)n(CCOc1ccc(F)cc1)c[n+]2[C@@H]1O[C@H](COP(=O)(O)O)[C@@H](O)[C@H]1O. The van der Waals surface area contributed by atoms with Gasteiger partial charge in [0.2, 0.25) is 11.7 Å². The fourth-order valence-corrected chi connectivity index (χ4v) is 3.93. The Morgan fingerprint density at radius 2 is 1.97 bits per heavy atom. The first-order chi connectivity index (χ1) is 16.0. The summed E-state index contributed by atoms with van der Waals surface area (Å²) in [6, 6.07) is 5.37. The van der Waals surface area contributed by atoms with Crippen LogP contribution in [0.15, 0.2) is 35.4 Å². The molecule has 184 valence electrons. The van der Waals surface area contributed by atoms with Crippen molar-refractivity contribution < 1.29 is 47.5 Å². The number of aliphatic hydroxyl groups excluding tert-OH is 2. The molecule has 1 aromatic carbocycles. The Morgan fingerprint density at radius 3 is 2.65 bits per heavy atom. The van der Waals surface area contributed by atoms with Gasteiger partial charge in [-0.15, -0.1) is 0 Å². The van der Waals surface area contributed by atoms with Crippen molar-refractivity contribution in [1.82, 2.24) is 14.5 Å². The third-order valence-corrected chi connectivity index (χ3v) is 5.61. The number of fused-ring (bicyclic) bond motifs is 1. The summed E-state index contributed by atoms with van der Waals surface area (Å²) in [4.78, 5) is 36.8. The average Bonchev–Trinajstić information content (AvgIpc) is 3.25. The maximum absolute atomic E-state index is 13.1. The number of anilines is 1. The van der Waals surface area contributed by atoms with Crippen LogP contribution < -0.4 is 20.6 Å². The molecule has 2 aromatic heterocycles. The van der Waals surface area contributed by atoms with Gasteiger partial charge in [0, 0.05) is 0 Å². The molecule has 1 fully saturated rings. The maximum atomic E-state index is 13.1. The van der Waals surface area contributed by atoms with Crippen molar-refractivity contribution in [2.45, 2.75) is 31.1 Å². The van der Waals surface area contributed by atoms with Crippen LogP contribution in [0.5, 0.6) is 5.75 Å². The van der Waals surface area contributed by atoms with Crippen molar-refractivity contribution >= 4 is 24.9 Å². The summed E-state index contributed by atoms with van der Waals surface area (Å²) in [6.45, 7) is -0.486. The lowest BCUT2D eigenvalue weighted by Gasteiger charge is -2.14. The van der Waals surface area contributed by atoms with E-state index in [1.54, 1.807) is 0 Å². The molecule has 0 bridgehead atoms. The highest BCUT2D eigenvalue weighted by Gasteiger charge is 2.47. The van der Waals surface area contributed by atoms with Crippen molar-refractivity contribution in [3.05, 3.63) is 46.8 Å². The highest BCUT2D eigenvalue weighted by Crippen LogP contribution is 2.37.